The zero-order chi connectivity index (χ0) is 49.5. The molecule has 17 nitrogen and oxygen atoms in total. The van der Waals surface area contributed by atoms with E-state index in [1.54, 1.807) is 75.6 Å². The van der Waals surface area contributed by atoms with Crippen LogP contribution in [0.25, 0.3) is 22.0 Å². The van der Waals surface area contributed by atoms with Gasteiger partial charge in [-0.25, -0.2) is 4.39 Å². The summed E-state index contributed by atoms with van der Waals surface area (Å²) in [6.45, 7) is 5.18. The Kier molecular flexibility index (Phi) is 15.9. The van der Waals surface area contributed by atoms with Crippen LogP contribution in [0.5, 0.6) is 0 Å². The number of piperazine rings is 1. The molecule has 3 saturated heterocycles. The molecular formula is C51H62FN11O6. The number of fused-ring (bicyclic) bond motifs is 1. The first kappa shape index (κ1) is 49.9. The number of carbonyl (C=O) groups excluding carboxylic acids is 6. The second kappa shape index (κ2) is 21.9. The summed E-state index contributed by atoms with van der Waals surface area (Å²) in [4.78, 5) is 87.2. The molecule has 5 amide bonds. The van der Waals surface area contributed by atoms with Gasteiger partial charge in [-0.1, -0.05) is 24.3 Å². The molecular weight excluding hydrogens is 882 g/mol. The number of benzene rings is 4. The molecule has 4 aromatic carbocycles. The molecule has 0 radical (unpaired) electrons. The van der Waals surface area contributed by atoms with Crippen LogP contribution in [0.3, 0.4) is 0 Å². The van der Waals surface area contributed by atoms with Crippen LogP contribution < -0.4 is 30.7 Å². The highest BCUT2D eigenvalue weighted by Gasteiger charge is 2.34. The van der Waals surface area contributed by atoms with E-state index < -0.39 is 17.8 Å². The zero-order valence-corrected chi connectivity index (χ0v) is 40.4. The Hall–Kier alpha value is -7.02. The van der Waals surface area contributed by atoms with E-state index in [2.05, 4.69) is 35.7 Å². The Morgan fingerprint density at radius 3 is 2.23 bits per heavy atom. The van der Waals surface area contributed by atoms with Crippen LogP contribution in [0, 0.1) is 5.82 Å². The summed E-state index contributed by atoms with van der Waals surface area (Å²) in [6, 6.07) is 20.9. The van der Waals surface area contributed by atoms with Crippen LogP contribution in [0.15, 0.2) is 72.8 Å². The van der Waals surface area contributed by atoms with Crippen LogP contribution >= 0.6 is 0 Å². The van der Waals surface area contributed by atoms with Crippen LogP contribution in [-0.2, 0) is 28.0 Å². The molecule has 4 heterocycles. The fraction of sp³-hybridized carbons (Fsp3) is 0.392. The minimum Gasteiger partial charge on any atom is -0.370 e. The number of carbonyl (C=O) groups is 6. The summed E-state index contributed by atoms with van der Waals surface area (Å²) in [5, 5.41) is 12.4. The van der Waals surface area contributed by atoms with Gasteiger partial charge in [0.2, 0.25) is 18.2 Å². The zero-order valence-electron chi connectivity index (χ0n) is 40.4. The Morgan fingerprint density at radius 1 is 0.870 bits per heavy atom. The largest absolute Gasteiger partial charge is 0.370 e. The van der Waals surface area contributed by atoms with Gasteiger partial charge in [0.05, 0.1) is 28.0 Å². The second-order valence-corrected chi connectivity index (χ2v) is 18.0. The molecule has 0 bridgehead atoms. The van der Waals surface area contributed by atoms with Crippen molar-refractivity contribution in [3.05, 3.63) is 101 Å². The minimum atomic E-state index is -0.616. The van der Waals surface area contributed by atoms with Crippen LogP contribution in [0.4, 0.5) is 27.1 Å². The van der Waals surface area contributed by atoms with Gasteiger partial charge < -0.3 is 30.2 Å². The fourth-order valence-electron chi connectivity index (χ4n) is 9.63. The third-order valence-corrected chi connectivity index (χ3v) is 13.2. The predicted octanol–water partition coefficient (Wildman–Crippen LogP) is 4.60. The molecule has 1 atom stereocenters. The predicted molar refractivity (Wildman–Crippen MR) is 266 cm³/mol. The van der Waals surface area contributed by atoms with Gasteiger partial charge in [-0.3, -0.25) is 48.6 Å². The number of halogens is 1. The highest BCUT2D eigenvalue weighted by molar-refractivity contribution is 6.12. The first-order valence-electron chi connectivity index (χ1n) is 23.2. The summed E-state index contributed by atoms with van der Waals surface area (Å²) in [5.41, 5.74) is 5.64. The molecule has 0 spiro atoms. The molecule has 3 fully saturated rings. The first-order valence-corrected chi connectivity index (χ1v) is 23.2. The molecule has 3 N–H and O–H groups in total. The van der Waals surface area contributed by atoms with E-state index in [0.29, 0.717) is 58.9 Å². The van der Waals surface area contributed by atoms with Crippen LogP contribution in [0.2, 0.25) is 0 Å². The van der Waals surface area contributed by atoms with Gasteiger partial charge in [0.1, 0.15) is 18.1 Å². The number of amides is 5. The number of piperidine rings is 2. The molecule has 0 aliphatic carbocycles. The lowest BCUT2D eigenvalue weighted by Crippen LogP contribution is -2.53. The summed E-state index contributed by atoms with van der Waals surface area (Å²) in [5.74, 6) is -2.01. The molecule has 364 valence electrons. The van der Waals surface area contributed by atoms with E-state index >= 15 is 4.39 Å². The maximum absolute atomic E-state index is 17.0. The SMILES string of the molecule is CN(C)C(=O)c1ccc(-c2ccc3c(c(C(=O)Nc4cccc(C=O)c4)nn3C)c2F)c(CN2CCN(C3CCN(c4cccc(N(C)C5CCC(=O)NC5=O)c4N(C)C=O)CC3)CC2)c1.CNC. The number of likely N-dealkylation sites (N-methyl/N-ethyl adjacent to an activating group) is 1. The monoisotopic (exact) mass is 943 g/mol. The first-order chi connectivity index (χ1) is 33.2. The van der Waals surface area contributed by atoms with Gasteiger partial charge in [-0.2, -0.15) is 5.10 Å². The van der Waals surface area contributed by atoms with Crippen LogP contribution in [-0.4, -0.2) is 154 Å². The standard InChI is InChI=1S/C49H55FN10O6.C2H7N/c1-54(2)49(66)32-12-13-36(37-14-15-38-43(44(37)50)45(53-57(38)5)48(65)51-34-9-6-8-31(26-34)29-61)33(27-32)28-58-22-24-59(25-23-58)35-18-20-60(21-19-35)40-11-7-10-39(46(40)55(3)30-62)56(4)41-16-17-42(63)52-47(41)64;1-3-2/h6-15,26-27,29-30,35,41H,16-25,28H2,1-5H3,(H,51,65)(H,52,63,64);3H,1-2H3. The van der Waals surface area contributed by atoms with Gasteiger partial charge in [-0.05, 0) is 93.0 Å². The Bertz CT molecular complexity index is 2730. The van der Waals surface area contributed by atoms with Crippen LogP contribution in [0.1, 0.15) is 62.5 Å². The third kappa shape index (κ3) is 10.8. The summed E-state index contributed by atoms with van der Waals surface area (Å²) in [6.07, 6.45) is 3.93. The number of aryl methyl sites for hydroxylation is 1. The van der Waals surface area contributed by atoms with Gasteiger partial charge in [0.15, 0.2) is 5.69 Å². The molecule has 8 rings (SSSR count). The van der Waals surface area contributed by atoms with E-state index in [1.807, 2.05) is 50.3 Å². The maximum Gasteiger partial charge on any atom is 0.276 e. The number of para-hydroxylation sites is 1. The third-order valence-electron chi connectivity index (χ3n) is 13.2. The van der Waals surface area contributed by atoms with Crippen molar-refractivity contribution in [2.24, 2.45) is 7.05 Å². The van der Waals surface area contributed by atoms with E-state index in [1.165, 1.54) is 15.6 Å². The lowest BCUT2D eigenvalue weighted by atomic mass is 9.94. The van der Waals surface area contributed by atoms with E-state index in [-0.39, 0.29) is 40.8 Å². The van der Waals surface area contributed by atoms with Crippen molar-refractivity contribution in [1.82, 2.24) is 35.1 Å². The number of hydrogen-bond donors (Lipinski definition) is 3. The molecule has 1 unspecified atom stereocenters. The average Bonchev–Trinajstić information content (AvgIpc) is 3.70. The number of aldehydes is 1. The number of nitrogens with zero attached hydrogens (tertiary/aromatic N) is 8. The summed E-state index contributed by atoms with van der Waals surface area (Å²) in [7, 11) is 12.3. The lowest BCUT2D eigenvalue weighted by Gasteiger charge is -2.44. The minimum absolute atomic E-state index is 0.0670. The van der Waals surface area contributed by atoms with E-state index in [9.17, 15) is 28.8 Å². The number of aromatic nitrogens is 2. The Balaban J connectivity index is 0.00000228. The molecule has 5 aromatic rings. The van der Waals surface area contributed by atoms with Gasteiger partial charge in [0.25, 0.3) is 11.8 Å². The number of imide groups is 1. The van der Waals surface area contributed by atoms with Crippen molar-refractivity contribution >= 4 is 70.0 Å². The normalized spacial score (nSPS) is 16.9. The van der Waals surface area contributed by atoms with Gasteiger partial charge in [0, 0.05) is 116 Å². The van der Waals surface area contributed by atoms with E-state index in [0.717, 1.165) is 75.5 Å². The molecule has 0 saturated carbocycles. The summed E-state index contributed by atoms with van der Waals surface area (Å²) < 4.78 is 18.5. The topological polar surface area (TPSA) is 176 Å². The van der Waals surface area contributed by atoms with Gasteiger partial charge in [-0.15, -0.1) is 0 Å². The number of nitrogens with one attached hydrogen (secondary N) is 3. The number of rotatable bonds is 13. The molecule has 69 heavy (non-hydrogen) atoms. The number of hydrogen-bond acceptors (Lipinski definition) is 12. The Morgan fingerprint density at radius 2 is 1.57 bits per heavy atom. The van der Waals surface area contributed by atoms with Crippen molar-refractivity contribution in [3.8, 4) is 11.1 Å². The summed E-state index contributed by atoms with van der Waals surface area (Å²) >= 11 is 0. The maximum atomic E-state index is 17.0. The van der Waals surface area contributed by atoms with E-state index in [4.69, 9.17) is 0 Å². The van der Waals surface area contributed by atoms with Crippen molar-refractivity contribution in [3.63, 3.8) is 0 Å². The number of anilines is 4. The van der Waals surface area contributed by atoms with Crippen molar-refractivity contribution in [1.29, 1.82) is 0 Å². The highest BCUT2D eigenvalue weighted by atomic mass is 19.1. The smallest absolute Gasteiger partial charge is 0.276 e. The van der Waals surface area contributed by atoms with Crippen molar-refractivity contribution in [2.45, 2.75) is 44.3 Å². The molecule has 1 aromatic heterocycles. The van der Waals surface area contributed by atoms with Gasteiger partial charge >= 0.3 is 0 Å². The molecule has 18 heteroatoms. The highest BCUT2D eigenvalue weighted by Crippen LogP contribution is 2.41. The van der Waals surface area contributed by atoms with Crippen molar-refractivity contribution in [2.75, 3.05) is 102 Å². The van der Waals surface area contributed by atoms with Crippen molar-refractivity contribution < 1.29 is 33.2 Å². The fourth-order valence-corrected chi connectivity index (χ4v) is 9.63. The molecule has 3 aliphatic heterocycles. The lowest BCUT2D eigenvalue weighted by molar-refractivity contribution is -0.134. The Labute approximate surface area is 402 Å². The second-order valence-electron chi connectivity index (χ2n) is 18.0. The average molecular weight is 944 g/mol. The molecule has 3 aliphatic rings. The quantitative estimate of drug-likeness (QED) is 0.111.